The Bertz CT molecular complexity index is 675. The molecule has 1 aliphatic heterocycles. The van der Waals surface area contributed by atoms with E-state index in [0.29, 0.717) is 18.6 Å². The van der Waals surface area contributed by atoms with E-state index in [9.17, 15) is 9.59 Å². The van der Waals surface area contributed by atoms with Gasteiger partial charge in [-0.15, -0.1) is 0 Å². The van der Waals surface area contributed by atoms with Crippen molar-refractivity contribution in [2.75, 3.05) is 6.61 Å². The molecule has 0 N–H and O–H groups in total. The van der Waals surface area contributed by atoms with Gasteiger partial charge in [-0.05, 0) is 55.7 Å². The lowest BCUT2D eigenvalue weighted by Crippen LogP contribution is -2.44. The number of Topliss-reactive ketones (excluding diaryl/α,β-unsaturated/α-hetero) is 1. The Labute approximate surface area is 171 Å². The molecule has 0 aromatic rings. The van der Waals surface area contributed by atoms with Crippen LogP contribution in [0.3, 0.4) is 0 Å². The van der Waals surface area contributed by atoms with Crippen LogP contribution in [-0.4, -0.2) is 32.8 Å². The van der Waals surface area contributed by atoms with Crippen molar-refractivity contribution in [2.45, 2.75) is 91.0 Å². The van der Waals surface area contributed by atoms with Crippen molar-refractivity contribution >= 4 is 20.1 Å². The minimum atomic E-state index is -1.71. The van der Waals surface area contributed by atoms with E-state index >= 15 is 0 Å². The smallest absolute Gasteiger partial charge is 0.306 e. The third-order valence-electron chi connectivity index (χ3n) is 8.22. The molecule has 5 heteroatoms. The zero-order valence-corrected chi connectivity index (χ0v) is 19.8. The van der Waals surface area contributed by atoms with Gasteiger partial charge in [0.2, 0.25) is 0 Å². The van der Waals surface area contributed by atoms with Crippen molar-refractivity contribution in [3.63, 3.8) is 0 Å². The first-order valence-electron chi connectivity index (χ1n) is 10.9. The number of hydrogen-bond acceptors (Lipinski definition) is 4. The minimum Gasteiger partial charge on any atom is -0.462 e. The first kappa shape index (κ1) is 21.8. The quantitative estimate of drug-likeness (QED) is 0.270. The standard InChI is InChI=1S/C23H38O4Si/c1-15(9-8-12-26-28(6,7)22(2,3)4)17-14-18(24)21-16-13-20(25)27-19(16)10-11-23(17,21)5/h9,16-17,19,21H,8,10-14H2,1-7H3/b15-9+/t16-,17+,19-,21-,23+/m0/s1. The monoisotopic (exact) mass is 406 g/mol. The summed E-state index contributed by atoms with van der Waals surface area (Å²) in [4.78, 5) is 24.7. The maximum absolute atomic E-state index is 12.9. The molecular weight excluding hydrogens is 368 g/mol. The lowest BCUT2D eigenvalue weighted by Gasteiger charge is -2.44. The average Bonchev–Trinajstić information content (AvgIpc) is 3.06. The fourth-order valence-corrected chi connectivity index (χ4v) is 6.59. The van der Waals surface area contributed by atoms with E-state index < -0.39 is 8.32 Å². The van der Waals surface area contributed by atoms with E-state index in [1.54, 1.807) is 0 Å². The Morgan fingerprint density at radius 2 is 1.96 bits per heavy atom. The van der Waals surface area contributed by atoms with Gasteiger partial charge in [0.15, 0.2) is 8.32 Å². The lowest BCUT2D eigenvalue weighted by molar-refractivity contribution is -0.144. The van der Waals surface area contributed by atoms with Gasteiger partial charge in [0.1, 0.15) is 11.9 Å². The van der Waals surface area contributed by atoms with Gasteiger partial charge in [-0.1, -0.05) is 39.3 Å². The van der Waals surface area contributed by atoms with Crippen LogP contribution >= 0.6 is 0 Å². The molecule has 0 unspecified atom stereocenters. The molecule has 0 spiro atoms. The zero-order valence-electron chi connectivity index (χ0n) is 18.8. The number of carbonyl (C=O) groups is 2. The average molecular weight is 407 g/mol. The van der Waals surface area contributed by atoms with E-state index in [-0.39, 0.29) is 40.3 Å². The lowest BCUT2D eigenvalue weighted by atomic mass is 9.59. The summed E-state index contributed by atoms with van der Waals surface area (Å²) >= 11 is 0. The van der Waals surface area contributed by atoms with Crippen LogP contribution in [0.4, 0.5) is 0 Å². The predicted molar refractivity (Wildman–Crippen MR) is 113 cm³/mol. The first-order chi connectivity index (χ1) is 12.9. The second-order valence-electron chi connectivity index (χ2n) is 11.0. The molecule has 3 aliphatic rings. The largest absolute Gasteiger partial charge is 0.462 e. The van der Waals surface area contributed by atoms with Crippen LogP contribution in [0.5, 0.6) is 0 Å². The van der Waals surface area contributed by atoms with E-state index in [1.807, 2.05) is 0 Å². The molecule has 3 rings (SSSR count). The Morgan fingerprint density at radius 3 is 2.61 bits per heavy atom. The fraction of sp³-hybridized carbons (Fsp3) is 0.826. The highest BCUT2D eigenvalue weighted by atomic mass is 28.4. The van der Waals surface area contributed by atoms with Crippen LogP contribution < -0.4 is 0 Å². The summed E-state index contributed by atoms with van der Waals surface area (Å²) in [6.45, 7) is 16.6. The summed E-state index contributed by atoms with van der Waals surface area (Å²) in [6, 6.07) is 0. The maximum atomic E-state index is 12.9. The summed E-state index contributed by atoms with van der Waals surface area (Å²) in [5, 5.41) is 0.226. The van der Waals surface area contributed by atoms with Crippen molar-refractivity contribution in [1.82, 2.24) is 0 Å². The van der Waals surface area contributed by atoms with Crippen molar-refractivity contribution in [2.24, 2.45) is 23.2 Å². The van der Waals surface area contributed by atoms with Crippen LogP contribution in [0.15, 0.2) is 11.6 Å². The highest BCUT2D eigenvalue weighted by Crippen LogP contribution is 2.60. The number of ether oxygens (including phenoxy) is 1. The molecule has 0 bridgehead atoms. The summed E-state index contributed by atoms with van der Waals surface area (Å²) < 4.78 is 11.8. The van der Waals surface area contributed by atoms with Crippen molar-refractivity contribution in [3.05, 3.63) is 11.6 Å². The SMILES string of the molecule is C/C(=C\CCO[Si](C)(C)C(C)(C)C)[C@H]1CC(=O)[C@@H]2[C@H]3CC(=O)O[C@H]3CC[C@]12C. The minimum absolute atomic E-state index is 0.0190. The van der Waals surface area contributed by atoms with Crippen LogP contribution in [0.1, 0.15) is 66.7 Å². The highest BCUT2D eigenvalue weighted by molar-refractivity contribution is 6.74. The molecule has 0 amide bonds. The third-order valence-corrected chi connectivity index (χ3v) is 12.8. The molecule has 2 aliphatic carbocycles. The number of esters is 1. The second-order valence-corrected chi connectivity index (χ2v) is 15.8. The van der Waals surface area contributed by atoms with E-state index in [0.717, 1.165) is 25.9 Å². The number of hydrogen-bond donors (Lipinski definition) is 0. The number of allylic oxidation sites excluding steroid dienone is 1. The third kappa shape index (κ3) is 3.77. The summed E-state index contributed by atoms with van der Waals surface area (Å²) in [5.74, 6) is 0.582. The van der Waals surface area contributed by atoms with Crippen LogP contribution in [0.2, 0.25) is 18.1 Å². The number of ketones is 1. The van der Waals surface area contributed by atoms with Crippen LogP contribution in [-0.2, 0) is 18.8 Å². The molecule has 5 atom stereocenters. The molecule has 158 valence electrons. The van der Waals surface area contributed by atoms with Gasteiger partial charge in [-0.25, -0.2) is 0 Å². The Hall–Kier alpha value is -0.943. The molecular formula is C23H38O4Si. The molecule has 1 heterocycles. The number of rotatable bonds is 5. The van der Waals surface area contributed by atoms with Gasteiger partial charge in [-0.2, -0.15) is 0 Å². The highest BCUT2D eigenvalue weighted by Gasteiger charge is 2.60. The van der Waals surface area contributed by atoms with Gasteiger partial charge in [0.25, 0.3) is 0 Å². The second kappa shape index (κ2) is 7.39. The molecule has 28 heavy (non-hydrogen) atoms. The van der Waals surface area contributed by atoms with Gasteiger partial charge < -0.3 is 9.16 Å². The normalized spacial score (nSPS) is 36.3. The molecule has 1 saturated heterocycles. The van der Waals surface area contributed by atoms with Gasteiger partial charge in [-0.3, -0.25) is 9.59 Å². The van der Waals surface area contributed by atoms with Gasteiger partial charge >= 0.3 is 5.97 Å². The van der Waals surface area contributed by atoms with Crippen molar-refractivity contribution in [3.8, 4) is 0 Å². The Balaban J connectivity index is 1.66. The fourth-order valence-electron chi connectivity index (χ4n) is 5.53. The van der Waals surface area contributed by atoms with Gasteiger partial charge in [0.05, 0.1) is 6.42 Å². The summed E-state index contributed by atoms with van der Waals surface area (Å²) in [5.41, 5.74) is 1.29. The first-order valence-corrected chi connectivity index (χ1v) is 13.8. The van der Waals surface area contributed by atoms with Gasteiger partial charge in [0, 0.05) is 24.9 Å². The van der Waals surface area contributed by atoms with Crippen molar-refractivity contribution in [1.29, 1.82) is 0 Å². The van der Waals surface area contributed by atoms with E-state index in [2.05, 4.69) is 53.8 Å². The van der Waals surface area contributed by atoms with E-state index in [4.69, 9.17) is 9.16 Å². The summed E-state index contributed by atoms with van der Waals surface area (Å²) in [7, 11) is -1.71. The topological polar surface area (TPSA) is 52.6 Å². The number of fused-ring (bicyclic) bond motifs is 3. The zero-order chi connectivity index (χ0) is 20.9. The van der Waals surface area contributed by atoms with E-state index in [1.165, 1.54) is 5.57 Å². The predicted octanol–water partition coefficient (Wildman–Crippen LogP) is 5.28. The van der Waals surface area contributed by atoms with Crippen LogP contribution in [0, 0.1) is 23.2 Å². The Kier molecular flexibility index (Phi) is 5.74. The van der Waals surface area contributed by atoms with Crippen molar-refractivity contribution < 1.29 is 18.8 Å². The molecule has 0 radical (unpaired) electrons. The maximum Gasteiger partial charge on any atom is 0.306 e. The molecule has 2 saturated carbocycles. The summed E-state index contributed by atoms with van der Waals surface area (Å²) in [6.07, 6.45) is 6.06. The number of carbonyl (C=O) groups excluding carboxylic acids is 2. The Morgan fingerprint density at radius 1 is 1.29 bits per heavy atom. The molecule has 3 fully saturated rings. The van der Waals surface area contributed by atoms with Crippen LogP contribution in [0.25, 0.3) is 0 Å². The molecule has 0 aromatic heterocycles. The molecule has 0 aromatic carbocycles. The molecule has 4 nitrogen and oxygen atoms in total.